The largest absolute Gasteiger partial charge is 0.351 e. The molecule has 0 fully saturated rings. The van der Waals surface area contributed by atoms with Crippen LogP contribution in [0.3, 0.4) is 0 Å². The Hall–Kier alpha value is -1.32. The van der Waals surface area contributed by atoms with Gasteiger partial charge in [-0.3, -0.25) is 0 Å². The Bertz CT molecular complexity index is 343. The molecular weight excluding hydrogens is 200 g/mol. The summed E-state index contributed by atoms with van der Waals surface area (Å²) in [6.07, 6.45) is 0. The predicted molar refractivity (Wildman–Crippen MR) is 44.5 cm³/mol. The van der Waals surface area contributed by atoms with Gasteiger partial charge in [-0.1, -0.05) is 23.7 Å². The molecule has 3 nitrogen and oxygen atoms in total. The van der Waals surface area contributed by atoms with Crippen LogP contribution in [0.2, 0.25) is 5.02 Å². The van der Waals surface area contributed by atoms with Crippen molar-refractivity contribution in [2.75, 3.05) is 0 Å². The fraction of sp³-hybridized carbons (Fsp3) is 0.143. The summed E-state index contributed by atoms with van der Waals surface area (Å²) in [5.41, 5.74) is 7.49. The summed E-state index contributed by atoms with van der Waals surface area (Å²) in [4.78, 5) is 2.05. The van der Waals surface area contributed by atoms with Crippen LogP contribution in [-0.4, -0.2) is 0 Å². The normalized spacial score (nSPS) is 10.7. The van der Waals surface area contributed by atoms with Gasteiger partial charge in [-0.25, -0.2) is 0 Å². The molecule has 0 aliphatic rings. The van der Waals surface area contributed by atoms with Gasteiger partial charge in [-0.05, 0) is 22.8 Å². The standard InChI is InChI=1S/C7H4ClF2N3/c8-6-3-1-5(2-4-6)7(9,10)12-13-11/h1-4H. The first-order valence-electron chi connectivity index (χ1n) is 3.26. The van der Waals surface area contributed by atoms with Gasteiger partial charge in [-0.2, -0.15) is 8.78 Å². The maximum atomic E-state index is 12.8. The van der Waals surface area contributed by atoms with Gasteiger partial charge >= 0.3 is 6.05 Å². The second-order valence-electron chi connectivity index (χ2n) is 2.24. The highest BCUT2D eigenvalue weighted by molar-refractivity contribution is 6.30. The van der Waals surface area contributed by atoms with E-state index in [2.05, 4.69) is 5.11 Å². The summed E-state index contributed by atoms with van der Waals surface area (Å²) >= 11 is 5.49. The Kier molecular flexibility index (Phi) is 2.70. The number of hydrogen-bond acceptors (Lipinski definition) is 1. The van der Waals surface area contributed by atoms with E-state index < -0.39 is 6.05 Å². The van der Waals surface area contributed by atoms with Crippen LogP contribution in [0.25, 0.3) is 10.4 Å². The summed E-state index contributed by atoms with van der Waals surface area (Å²) < 4.78 is 25.6. The molecule has 0 amide bonds. The van der Waals surface area contributed by atoms with Gasteiger partial charge in [0, 0.05) is 15.5 Å². The number of rotatable bonds is 2. The van der Waals surface area contributed by atoms with Crippen molar-refractivity contribution in [2.45, 2.75) is 6.05 Å². The van der Waals surface area contributed by atoms with Crippen molar-refractivity contribution in [1.82, 2.24) is 0 Å². The van der Waals surface area contributed by atoms with E-state index in [0.717, 1.165) is 12.1 Å². The first kappa shape index (κ1) is 9.77. The highest BCUT2D eigenvalue weighted by Gasteiger charge is 2.29. The molecule has 0 aliphatic carbocycles. The van der Waals surface area contributed by atoms with E-state index in [4.69, 9.17) is 17.1 Å². The molecular formula is C7H4ClF2N3. The minimum Gasteiger partial charge on any atom is -0.195 e. The summed E-state index contributed by atoms with van der Waals surface area (Å²) in [7, 11) is 0. The summed E-state index contributed by atoms with van der Waals surface area (Å²) in [5, 5.41) is 2.71. The van der Waals surface area contributed by atoms with Crippen LogP contribution in [0, 0.1) is 0 Å². The quantitative estimate of drug-likeness (QED) is 0.305. The van der Waals surface area contributed by atoms with E-state index in [1.165, 1.54) is 12.1 Å². The van der Waals surface area contributed by atoms with Crippen molar-refractivity contribution in [1.29, 1.82) is 0 Å². The number of alkyl halides is 2. The molecule has 0 aromatic heterocycles. The number of halogens is 3. The van der Waals surface area contributed by atoms with Gasteiger partial charge in [0.05, 0.1) is 0 Å². The molecule has 0 saturated heterocycles. The highest BCUT2D eigenvalue weighted by atomic mass is 35.5. The average molecular weight is 204 g/mol. The molecule has 0 spiro atoms. The van der Waals surface area contributed by atoms with Gasteiger partial charge in [-0.15, -0.1) is 0 Å². The Balaban J connectivity index is 3.07. The van der Waals surface area contributed by atoms with Crippen LogP contribution in [-0.2, 0) is 6.05 Å². The zero-order valence-corrected chi connectivity index (χ0v) is 7.04. The van der Waals surface area contributed by atoms with Gasteiger partial charge in [0.1, 0.15) is 0 Å². The van der Waals surface area contributed by atoms with Gasteiger partial charge in [0.15, 0.2) is 0 Å². The van der Waals surface area contributed by atoms with Gasteiger partial charge in [0.2, 0.25) is 0 Å². The lowest BCUT2D eigenvalue weighted by Crippen LogP contribution is -2.07. The average Bonchev–Trinajstić information content (AvgIpc) is 2.05. The smallest absolute Gasteiger partial charge is 0.195 e. The molecule has 0 bridgehead atoms. The molecule has 1 aromatic carbocycles. The number of hydrogen-bond donors (Lipinski definition) is 0. The monoisotopic (exact) mass is 203 g/mol. The maximum Gasteiger partial charge on any atom is 0.351 e. The van der Waals surface area contributed by atoms with Crippen LogP contribution in [0.5, 0.6) is 0 Å². The third kappa shape index (κ3) is 2.31. The molecule has 0 N–H and O–H groups in total. The van der Waals surface area contributed by atoms with E-state index in [-0.39, 0.29) is 5.56 Å². The molecule has 0 saturated carbocycles. The third-order valence-electron chi connectivity index (χ3n) is 1.36. The second-order valence-corrected chi connectivity index (χ2v) is 2.67. The van der Waals surface area contributed by atoms with Crippen molar-refractivity contribution in [3.63, 3.8) is 0 Å². The van der Waals surface area contributed by atoms with Crippen LogP contribution in [0.4, 0.5) is 8.78 Å². The number of azide groups is 1. The Morgan fingerprint density at radius 1 is 1.31 bits per heavy atom. The van der Waals surface area contributed by atoms with Crippen molar-refractivity contribution in [3.05, 3.63) is 45.3 Å². The molecule has 0 heterocycles. The first-order valence-corrected chi connectivity index (χ1v) is 3.64. The Morgan fingerprint density at radius 3 is 2.31 bits per heavy atom. The highest BCUT2D eigenvalue weighted by Crippen LogP contribution is 2.30. The van der Waals surface area contributed by atoms with Crippen molar-refractivity contribution in [3.8, 4) is 0 Å². The van der Waals surface area contributed by atoms with E-state index in [1.807, 2.05) is 4.91 Å². The summed E-state index contributed by atoms with van der Waals surface area (Å²) in [5.74, 6) is 0. The SMILES string of the molecule is [N-]=[N+]=NC(F)(F)c1ccc(Cl)cc1. The molecule has 0 aliphatic heterocycles. The Labute approximate surface area is 77.6 Å². The van der Waals surface area contributed by atoms with E-state index in [0.29, 0.717) is 5.02 Å². The van der Waals surface area contributed by atoms with Gasteiger partial charge < -0.3 is 0 Å². The van der Waals surface area contributed by atoms with Crippen LogP contribution >= 0.6 is 11.6 Å². The van der Waals surface area contributed by atoms with Crippen LogP contribution in [0.15, 0.2) is 29.4 Å². The summed E-state index contributed by atoms with van der Waals surface area (Å²) in [6.45, 7) is 0. The lowest BCUT2D eigenvalue weighted by molar-refractivity contribution is 0.00361. The topological polar surface area (TPSA) is 48.8 Å². The Morgan fingerprint density at radius 2 is 1.85 bits per heavy atom. The van der Waals surface area contributed by atoms with Crippen molar-refractivity contribution in [2.24, 2.45) is 5.11 Å². The molecule has 0 atom stereocenters. The summed E-state index contributed by atoms with van der Waals surface area (Å²) in [6, 6.07) is 1.31. The zero-order valence-electron chi connectivity index (χ0n) is 6.28. The minimum atomic E-state index is -3.51. The molecule has 13 heavy (non-hydrogen) atoms. The number of benzene rings is 1. The fourth-order valence-electron chi connectivity index (χ4n) is 0.764. The van der Waals surface area contributed by atoms with Crippen molar-refractivity contribution < 1.29 is 8.78 Å². The minimum absolute atomic E-state index is 0.348. The van der Waals surface area contributed by atoms with Crippen LogP contribution in [0.1, 0.15) is 5.56 Å². The molecule has 0 radical (unpaired) electrons. The molecule has 68 valence electrons. The van der Waals surface area contributed by atoms with E-state index in [9.17, 15) is 8.78 Å². The zero-order chi connectivity index (χ0) is 9.90. The molecule has 1 rings (SSSR count). The number of nitrogens with zero attached hydrogens (tertiary/aromatic N) is 3. The van der Waals surface area contributed by atoms with E-state index in [1.54, 1.807) is 0 Å². The molecule has 0 unspecified atom stereocenters. The third-order valence-corrected chi connectivity index (χ3v) is 1.61. The van der Waals surface area contributed by atoms with Crippen LogP contribution < -0.4 is 0 Å². The first-order chi connectivity index (χ1) is 6.06. The second kappa shape index (κ2) is 3.60. The van der Waals surface area contributed by atoms with E-state index >= 15 is 0 Å². The van der Waals surface area contributed by atoms with Crippen molar-refractivity contribution >= 4 is 11.6 Å². The lowest BCUT2D eigenvalue weighted by atomic mass is 10.2. The fourth-order valence-corrected chi connectivity index (χ4v) is 0.890. The molecule has 6 heteroatoms. The molecule has 1 aromatic rings. The maximum absolute atomic E-state index is 12.8. The van der Waals surface area contributed by atoms with Gasteiger partial charge in [0.25, 0.3) is 0 Å². The lowest BCUT2D eigenvalue weighted by Gasteiger charge is -2.08. The predicted octanol–water partition coefficient (Wildman–Crippen LogP) is 3.70.